The van der Waals surface area contributed by atoms with Crippen molar-refractivity contribution in [2.45, 2.75) is 0 Å². The fourth-order valence-electron chi connectivity index (χ4n) is 1.40. The van der Waals surface area contributed by atoms with Crippen LogP contribution in [0.15, 0.2) is 30.6 Å². The molecule has 0 saturated heterocycles. The highest BCUT2D eigenvalue weighted by atomic mass is 15.3. The monoisotopic (exact) mass is 213 g/mol. The van der Waals surface area contributed by atoms with Crippen LogP contribution in [0.4, 0.5) is 17.1 Å². The topological polar surface area (TPSA) is 79.7 Å². The molecular formula is C11H11N5. The van der Waals surface area contributed by atoms with Crippen LogP contribution in [-0.4, -0.2) is 9.78 Å². The Morgan fingerprint density at radius 1 is 1.50 bits per heavy atom. The van der Waals surface area contributed by atoms with Crippen molar-refractivity contribution in [3.05, 3.63) is 36.2 Å². The number of hydrogen-bond acceptors (Lipinski definition) is 4. The minimum Gasteiger partial charge on any atom is -0.399 e. The first-order valence-electron chi connectivity index (χ1n) is 4.74. The van der Waals surface area contributed by atoms with Crippen LogP contribution in [-0.2, 0) is 7.05 Å². The summed E-state index contributed by atoms with van der Waals surface area (Å²) in [6.45, 7) is 0. The van der Waals surface area contributed by atoms with Gasteiger partial charge in [-0.2, -0.15) is 10.4 Å². The van der Waals surface area contributed by atoms with Gasteiger partial charge in [-0.15, -0.1) is 0 Å². The molecular weight excluding hydrogens is 202 g/mol. The standard InChI is InChI=1S/C11H11N5/c1-16-7-10(6-14-16)15-11-3-2-9(13)4-8(11)5-12/h2-4,6-7,15H,13H2,1H3. The quantitative estimate of drug-likeness (QED) is 0.743. The zero-order valence-electron chi connectivity index (χ0n) is 8.81. The maximum Gasteiger partial charge on any atom is 0.101 e. The van der Waals surface area contributed by atoms with Gasteiger partial charge >= 0.3 is 0 Å². The van der Waals surface area contributed by atoms with Gasteiger partial charge in [0.05, 0.1) is 23.1 Å². The van der Waals surface area contributed by atoms with Crippen LogP contribution in [0.2, 0.25) is 0 Å². The maximum absolute atomic E-state index is 8.96. The van der Waals surface area contributed by atoms with Gasteiger partial charge in [0.2, 0.25) is 0 Å². The summed E-state index contributed by atoms with van der Waals surface area (Å²) in [5.41, 5.74) is 8.26. The summed E-state index contributed by atoms with van der Waals surface area (Å²) in [6, 6.07) is 7.26. The number of aromatic nitrogens is 2. The van der Waals surface area contributed by atoms with Crippen LogP contribution < -0.4 is 11.1 Å². The van der Waals surface area contributed by atoms with E-state index >= 15 is 0 Å². The lowest BCUT2D eigenvalue weighted by Gasteiger charge is -2.05. The lowest BCUT2D eigenvalue weighted by atomic mass is 10.1. The Hall–Kier alpha value is -2.48. The SMILES string of the molecule is Cn1cc(Nc2ccc(N)cc2C#N)cn1. The molecule has 5 nitrogen and oxygen atoms in total. The Morgan fingerprint density at radius 2 is 2.31 bits per heavy atom. The van der Waals surface area contributed by atoms with E-state index in [0.717, 1.165) is 11.4 Å². The zero-order chi connectivity index (χ0) is 11.5. The summed E-state index contributed by atoms with van der Waals surface area (Å²) >= 11 is 0. The Balaban J connectivity index is 2.31. The molecule has 1 aromatic carbocycles. The van der Waals surface area contributed by atoms with E-state index in [1.807, 2.05) is 13.2 Å². The van der Waals surface area contributed by atoms with Crippen molar-refractivity contribution in [2.75, 3.05) is 11.1 Å². The molecule has 1 heterocycles. The number of aryl methyl sites for hydroxylation is 1. The van der Waals surface area contributed by atoms with E-state index in [1.54, 1.807) is 29.1 Å². The van der Waals surface area contributed by atoms with Gasteiger partial charge in [-0.1, -0.05) is 0 Å². The highest BCUT2D eigenvalue weighted by Gasteiger charge is 2.03. The predicted octanol–water partition coefficient (Wildman–Crippen LogP) is 1.62. The Morgan fingerprint density at radius 3 is 2.94 bits per heavy atom. The minimum absolute atomic E-state index is 0.517. The molecule has 0 atom stereocenters. The first kappa shape index (κ1) is 10.1. The van der Waals surface area contributed by atoms with Crippen LogP contribution in [0.25, 0.3) is 0 Å². The fraction of sp³-hybridized carbons (Fsp3) is 0.0909. The van der Waals surface area contributed by atoms with Crippen molar-refractivity contribution in [1.29, 1.82) is 5.26 Å². The van der Waals surface area contributed by atoms with Crippen LogP contribution in [0.5, 0.6) is 0 Å². The molecule has 0 aliphatic carbocycles. The molecule has 5 heteroatoms. The Kier molecular flexibility index (Phi) is 2.48. The van der Waals surface area contributed by atoms with E-state index < -0.39 is 0 Å². The molecule has 1 aromatic heterocycles. The molecule has 0 bridgehead atoms. The molecule has 0 aliphatic heterocycles. The van der Waals surface area contributed by atoms with Crippen LogP contribution in [0.1, 0.15) is 5.56 Å². The van der Waals surface area contributed by atoms with Crippen LogP contribution in [0.3, 0.4) is 0 Å². The van der Waals surface area contributed by atoms with Crippen molar-refractivity contribution >= 4 is 17.1 Å². The molecule has 0 unspecified atom stereocenters. The second-order valence-electron chi connectivity index (χ2n) is 3.44. The van der Waals surface area contributed by atoms with Crippen molar-refractivity contribution in [1.82, 2.24) is 9.78 Å². The third-order valence-electron chi connectivity index (χ3n) is 2.15. The molecule has 0 saturated carbocycles. The van der Waals surface area contributed by atoms with Gasteiger partial charge in [0.25, 0.3) is 0 Å². The number of nitrogens with two attached hydrogens (primary N) is 1. The smallest absolute Gasteiger partial charge is 0.101 e. The number of benzene rings is 1. The highest BCUT2D eigenvalue weighted by molar-refractivity contribution is 5.68. The van der Waals surface area contributed by atoms with Gasteiger partial charge < -0.3 is 11.1 Å². The maximum atomic E-state index is 8.96. The lowest BCUT2D eigenvalue weighted by Crippen LogP contribution is -1.94. The second kappa shape index (κ2) is 3.95. The van der Waals surface area contributed by atoms with Crippen molar-refractivity contribution in [3.8, 4) is 6.07 Å². The molecule has 0 radical (unpaired) electrons. The summed E-state index contributed by atoms with van der Waals surface area (Å²) in [4.78, 5) is 0. The van der Waals surface area contributed by atoms with E-state index in [2.05, 4.69) is 16.5 Å². The Labute approximate surface area is 93.1 Å². The van der Waals surface area contributed by atoms with Crippen molar-refractivity contribution in [2.24, 2.45) is 7.05 Å². The van der Waals surface area contributed by atoms with Gasteiger partial charge in [0.1, 0.15) is 6.07 Å². The molecule has 0 amide bonds. The first-order valence-corrected chi connectivity index (χ1v) is 4.74. The van der Waals surface area contributed by atoms with Gasteiger partial charge in [-0.05, 0) is 18.2 Å². The number of hydrogen-bond donors (Lipinski definition) is 2. The summed E-state index contributed by atoms with van der Waals surface area (Å²) in [5, 5.41) is 16.1. The normalized spacial score (nSPS) is 9.75. The zero-order valence-corrected chi connectivity index (χ0v) is 8.81. The van der Waals surface area contributed by atoms with E-state index in [-0.39, 0.29) is 0 Å². The number of nitrogens with zero attached hydrogens (tertiary/aromatic N) is 3. The fourth-order valence-corrected chi connectivity index (χ4v) is 1.40. The molecule has 0 fully saturated rings. The molecule has 3 N–H and O–H groups in total. The number of rotatable bonds is 2. The minimum atomic E-state index is 0.517. The average Bonchev–Trinajstić information content (AvgIpc) is 2.67. The molecule has 0 spiro atoms. The van der Waals surface area contributed by atoms with E-state index in [1.165, 1.54) is 0 Å². The third-order valence-corrected chi connectivity index (χ3v) is 2.15. The van der Waals surface area contributed by atoms with Gasteiger partial charge in [0.15, 0.2) is 0 Å². The van der Waals surface area contributed by atoms with Crippen LogP contribution in [0, 0.1) is 11.3 Å². The summed E-state index contributed by atoms with van der Waals surface area (Å²) in [5.74, 6) is 0. The summed E-state index contributed by atoms with van der Waals surface area (Å²) in [6.07, 6.45) is 3.52. The molecule has 2 rings (SSSR count). The van der Waals surface area contributed by atoms with E-state index in [0.29, 0.717) is 11.3 Å². The van der Waals surface area contributed by atoms with Crippen molar-refractivity contribution in [3.63, 3.8) is 0 Å². The van der Waals surface area contributed by atoms with E-state index in [4.69, 9.17) is 11.0 Å². The van der Waals surface area contributed by atoms with E-state index in [9.17, 15) is 0 Å². The third kappa shape index (κ3) is 1.96. The van der Waals surface area contributed by atoms with Gasteiger partial charge in [-0.3, -0.25) is 4.68 Å². The molecule has 2 aromatic rings. The number of nitrogen functional groups attached to an aromatic ring is 1. The Bertz CT molecular complexity index is 550. The molecule has 0 aliphatic rings. The molecule has 16 heavy (non-hydrogen) atoms. The lowest BCUT2D eigenvalue weighted by molar-refractivity contribution is 0.768. The summed E-state index contributed by atoms with van der Waals surface area (Å²) < 4.78 is 1.69. The second-order valence-corrected chi connectivity index (χ2v) is 3.44. The number of anilines is 3. The van der Waals surface area contributed by atoms with Gasteiger partial charge in [0, 0.05) is 18.9 Å². The largest absolute Gasteiger partial charge is 0.399 e. The number of nitriles is 1. The van der Waals surface area contributed by atoms with Gasteiger partial charge in [-0.25, -0.2) is 0 Å². The van der Waals surface area contributed by atoms with Crippen molar-refractivity contribution < 1.29 is 0 Å². The molecule has 80 valence electrons. The number of nitrogens with one attached hydrogen (secondary N) is 1. The first-order chi connectivity index (χ1) is 7.69. The highest BCUT2D eigenvalue weighted by Crippen LogP contribution is 2.21. The predicted molar refractivity (Wildman–Crippen MR) is 62.1 cm³/mol. The summed E-state index contributed by atoms with van der Waals surface area (Å²) in [7, 11) is 1.83. The van der Waals surface area contributed by atoms with Crippen LogP contribution >= 0.6 is 0 Å². The average molecular weight is 213 g/mol.